The van der Waals surface area contributed by atoms with Crippen LogP contribution in [0.2, 0.25) is 0 Å². The third-order valence-electron chi connectivity index (χ3n) is 2.98. The van der Waals surface area contributed by atoms with Crippen molar-refractivity contribution >= 4 is 5.91 Å². The van der Waals surface area contributed by atoms with Crippen molar-refractivity contribution in [2.75, 3.05) is 6.54 Å². The number of hydrogen-bond donors (Lipinski definition) is 2. The van der Waals surface area contributed by atoms with Crippen LogP contribution in [0, 0.1) is 11.8 Å². The fourth-order valence-corrected chi connectivity index (χ4v) is 1.89. The van der Waals surface area contributed by atoms with Crippen molar-refractivity contribution in [3.8, 4) is 11.8 Å². The molecular formula is C17H17N3O. The van der Waals surface area contributed by atoms with E-state index in [1.807, 2.05) is 37.3 Å². The molecule has 0 aliphatic rings. The minimum absolute atomic E-state index is 0.0718. The summed E-state index contributed by atoms with van der Waals surface area (Å²) in [4.78, 5) is 16.3. The lowest BCUT2D eigenvalue weighted by molar-refractivity contribution is 0.0939. The molecule has 1 aromatic carbocycles. The number of nitrogens with two attached hydrogens (primary N) is 1. The Balaban J connectivity index is 2.10. The summed E-state index contributed by atoms with van der Waals surface area (Å²) < 4.78 is 0. The molecule has 2 aromatic rings. The van der Waals surface area contributed by atoms with Crippen LogP contribution in [0.15, 0.2) is 48.8 Å². The van der Waals surface area contributed by atoms with Crippen LogP contribution < -0.4 is 11.1 Å². The first-order valence-electron chi connectivity index (χ1n) is 6.70. The van der Waals surface area contributed by atoms with Crippen molar-refractivity contribution in [2.24, 2.45) is 5.73 Å². The molecule has 0 spiro atoms. The lowest BCUT2D eigenvalue weighted by Crippen LogP contribution is -2.26. The molecule has 1 unspecified atom stereocenters. The monoisotopic (exact) mass is 279 g/mol. The van der Waals surface area contributed by atoms with Gasteiger partial charge in [-0.05, 0) is 18.6 Å². The van der Waals surface area contributed by atoms with Crippen molar-refractivity contribution in [2.45, 2.75) is 13.0 Å². The number of nitrogens with zero attached hydrogens (tertiary/aromatic N) is 1. The summed E-state index contributed by atoms with van der Waals surface area (Å²) in [7, 11) is 0. The second-order valence-corrected chi connectivity index (χ2v) is 4.57. The average Bonchev–Trinajstić information content (AvgIpc) is 2.54. The van der Waals surface area contributed by atoms with Gasteiger partial charge in [0.05, 0.1) is 18.2 Å². The number of nitrogens with one attached hydrogen (secondary N) is 1. The molecule has 0 radical (unpaired) electrons. The molecule has 4 heteroatoms. The maximum absolute atomic E-state index is 12.2. The van der Waals surface area contributed by atoms with Gasteiger partial charge in [-0.1, -0.05) is 42.2 Å². The summed E-state index contributed by atoms with van der Waals surface area (Å²) in [6, 6.07) is 11.4. The van der Waals surface area contributed by atoms with E-state index in [9.17, 15) is 4.79 Å². The maximum atomic E-state index is 12.2. The Kier molecular flexibility index (Phi) is 5.08. The summed E-state index contributed by atoms with van der Waals surface area (Å²) in [5.41, 5.74) is 7.55. The topological polar surface area (TPSA) is 68.0 Å². The molecule has 0 bridgehead atoms. The highest BCUT2D eigenvalue weighted by molar-refractivity contribution is 5.94. The number of hydrogen-bond acceptors (Lipinski definition) is 3. The smallest absolute Gasteiger partial charge is 0.253 e. The van der Waals surface area contributed by atoms with Crippen LogP contribution >= 0.6 is 0 Å². The number of amides is 1. The SMILES string of the molecule is CC(NC(=O)c1cncc(C#CCN)c1)c1ccccc1. The lowest BCUT2D eigenvalue weighted by Gasteiger charge is -2.14. The van der Waals surface area contributed by atoms with Crippen molar-refractivity contribution in [3.63, 3.8) is 0 Å². The molecule has 0 fully saturated rings. The van der Waals surface area contributed by atoms with Crippen LogP contribution in [0.5, 0.6) is 0 Å². The van der Waals surface area contributed by atoms with E-state index in [2.05, 4.69) is 22.1 Å². The van der Waals surface area contributed by atoms with Crippen LogP contribution in [-0.2, 0) is 0 Å². The van der Waals surface area contributed by atoms with Crippen molar-refractivity contribution in [1.82, 2.24) is 10.3 Å². The molecule has 2 rings (SSSR count). The van der Waals surface area contributed by atoms with Crippen LogP contribution in [0.3, 0.4) is 0 Å². The summed E-state index contributed by atoms with van der Waals surface area (Å²) in [6.07, 6.45) is 3.14. The summed E-state index contributed by atoms with van der Waals surface area (Å²) in [5.74, 6) is 5.44. The fraction of sp³-hybridized carbons (Fsp3) is 0.176. The molecule has 0 aliphatic carbocycles. The Morgan fingerprint density at radius 3 is 2.81 bits per heavy atom. The molecule has 1 atom stereocenters. The molecule has 3 N–H and O–H groups in total. The molecule has 4 nitrogen and oxygen atoms in total. The van der Waals surface area contributed by atoms with E-state index in [0.717, 1.165) is 5.56 Å². The second kappa shape index (κ2) is 7.22. The van der Waals surface area contributed by atoms with Gasteiger partial charge in [-0.25, -0.2) is 0 Å². The Morgan fingerprint density at radius 1 is 1.33 bits per heavy atom. The van der Waals surface area contributed by atoms with Gasteiger partial charge in [-0.2, -0.15) is 0 Å². The van der Waals surface area contributed by atoms with E-state index in [1.165, 1.54) is 6.20 Å². The Bertz CT molecular complexity index is 671. The van der Waals surface area contributed by atoms with E-state index in [-0.39, 0.29) is 18.5 Å². The van der Waals surface area contributed by atoms with Gasteiger partial charge in [0.2, 0.25) is 0 Å². The third kappa shape index (κ3) is 4.16. The maximum Gasteiger partial charge on any atom is 0.253 e. The summed E-state index contributed by atoms with van der Waals surface area (Å²) in [6.45, 7) is 2.22. The largest absolute Gasteiger partial charge is 0.345 e. The van der Waals surface area contributed by atoms with E-state index in [0.29, 0.717) is 11.1 Å². The number of pyridine rings is 1. The van der Waals surface area contributed by atoms with Gasteiger partial charge in [0.25, 0.3) is 5.91 Å². The number of benzene rings is 1. The van der Waals surface area contributed by atoms with Crippen LogP contribution in [0.1, 0.15) is 34.5 Å². The molecule has 0 saturated carbocycles. The summed E-state index contributed by atoms with van der Waals surface area (Å²) >= 11 is 0. The molecule has 0 aliphatic heterocycles. The van der Waals surface area contributed by atoms with Gasteiger partial charge in [0, 0.05) is 18.0 Å². The van der Waals surface area contributed by atoms with Crippen LogP contribution in [0.4, 0.5) is 0 Å². The van der Waals surface area contributed by atoms with Gasteiger partial charge in [0.15, 0.2) is 0 Å². The molecule has 106 valence electrons. The molecule has 21 heavy (non-hydrogen) atoms. The van der Waals surface area contributed by atoms with E-state index < -0.39 is 0 Å². The Morgan fingerprint density at radius 2 is 2.10 bits per heavy atom. The molecule has 0 saturated heterocycles. The van der Waals surface area contributed by atoms with Crippen molar-refractivity contribution < 1.29 is 4.79 Å². The molecular weight excluding hydrogens is 262 g/mol. The normalized spacial score (nSPS) is 11.1. The zero-order chi connectivity index (χ0) is 15.1. The van der Waals surface area contributed by atoms with E-state index in [4.69, 9.17) is 5.73 Å². The molecule has 1 aromatic heterocycles. The first-order valence-corrected chi connectivity index (χ1v) is 6.70. The predicted molar refractivity (Wildman–Crippen MR) is 82.5 cm³/mol. The zero-order valence-electron chi connectivity index (χ0n) is 11.8. The van der Waals surface area contributed by atoms with Crippen molar-refractivity contribution in [3.05, 3.63) is 65.5 Å². The quantitative estimate of drug-likeness (QED) is 0.843. The van der Waals surface area contributed by atoms with Gasteiger partial charge in [0.1, 0.15) is 0 Å². The fourth-order valence-electron chi connectivity index (χ4n) is 1.89. The van der Waals surface area contributed by atoms with E-state index in [1.54, 1.807) is 12.3 Å². The first kappa shape index (κ1) is 14.8. The van der Waals surface area contributed by atoms with Gasteiger partial charge < -0.3 is 11.1 Å². The highest BCUT2D eigenvalue weighted by Gasteiger charge is 2.11. The van der Waals surface area contributed by atoms with Gasteiger partial charge in [-0.15, -0.1) is 0 Å². The molecule has 1 amide bonds. The predicted octanol–water partition coefficient (Wildman–Crippen LogP) is 1.88. The Labute approximate surface area is 124 Å². The van der Waals surface area contributed by atoms with Crippen molar-refractivity contribution in [1.29, 1.82) is 0 Å². The highest BCUT2D eigenvalue weighted by Crippen LogP contribution is 2.12. The standard InChI is InChI=1S/C17H17N3O/c1-13(15-7-3-2-4-8-15)20-17(21)16-10-14(6-5-9-18)11-19-12-16/h2-4,7-8,10-13H,9,18H2,1H3,(H,20,21). The van der Waals surface area contributed by atoms with Gasteiger partial charge in [-0.3, -0.25) is 9.78 Å². The average molecular weight is 279 g/mol. The van der Waals surface area contributed by atoms with Crippen LogP contribution in [-0.4, -0.2) is 17.4 Å². The minimum Gasteiger partial charge on any atom is -0.345 e. The van der Waals surface area contributed by atoms with Crippen LogP contribution in [0.25, 0.3) is 0 Å². The Hall–Kier alpha value is -2.64. The number of carbonyl (C=O) groups excluding carboxylic acids is 1. The van der Waals surface area contributed by atoms with E-state index >= 15 is 0 Å². The van der Waals surface area contributed by atoms with Gasteiger partial charge >= 0.3 is 0 Å². The first-order chi connectivity index (χ1) is 10.2. The molecule has 1 heterocycles. The second-order valence-electron chi connectivity index (χ2n) is 4.57. The summed E-state index contributed by atoms with van der Waals surface area (Å²) in [5, 5.41) is 2.94. The number of aromatic nitrogens is 1. The zero-order valence-corrected chi connectivity index (χ0v) is 11.8. The highest BCUT2D eigenvalue weighted by atomic mass is 16.1. The number of rotatable bonds is 3. The lowest BCUT2D eigenvalue weighted by atomic mass is 10.1. The minimum atomic E-state index is -0.171. The number of carbonyl (C=O) groups is 1. The third-order valence-corrected chi connectivity index (χ3v) is 2.98.